The van der Waals surface area contributed by atoms with Gasteiger partial charge in [-0.15, -0.1) is 0 Å². The summed E-state index contributed by atoms with van der Waals surface area (Å²) in [5.74, 6) is -0.425. The van der Waals surface area contributed by atoms with Crippen molar-refractivity contribution in [3.8, 4) is 0 Å². The van der Waals surface area contributed by atoms with E-state index in [0.29, 0.717) is 16.4 Å². The second-order valence-corrected chi connectivity index (χ2v) is 9.58. The number of rotatable bonds is 5. The van der Waals surface area contributed by atoms with Crippen LogP contribution in [0.15, 0.2) is 65.6 Å². The Morgan fingerprint density at radius 1 is 0.967 bits per heavy atom. The molecule has 5 nitrogen and oxygen atoms in total. The number of amides is 1. The Morgan fingerprint density at radius 2 is 1.63 bits per heavy atom. The zero-order valence-electron chi connectivity index (χ0n) is 16.6. The van der Waals surface area contributed by atoms with E-state index in [2.05, 4.69) is 5.32 Å². The van der Waals surface area contributed by atoms with E-state index in [1.807, 2.05) is 26.0 Å². The molecule has 0 heterocycles. The van der Waals surface area contributed by atoms with Crippen LogP contribution < -0.4 is 9.62 Å². The molecule has 3 aromatic carbocycles. The van der Waals surface area contributed by atoms with Crippen LogP contribution in [0.25, 0.3) is 0 Å². The lowest BCUT2D eigenvalue weighted by molar-refractivity contribution is 0.102. The maximum Gasteiger partial charge on any atom is 0.265 e. The zero-order valence-corrected chi connectivity index (χ0v) is 18.9. The standard InChI is InChI=1S/C22H20Cl2N2O3S/c1-14-5-4-6-20(15(14)2)25-22(27)16-7-12-19(24)21(13-16)30(28,29)26(3)18-10-8-17(23)9-11-18/h4-13H,1-3H3,(H,25,27). The number of anilines is 2. The van der Waals surface area contributed by atoms with Crippen molar-refractivity contribution in [1.29, 1.82) is 0 Å². The third-order valence-electron chi connectivity index (χ3n) is 4.87. The molecule has 0 aliphatic rings. The molecule has 156 valence electrons. The second kappa shape index (κ2) is 8.68. The Morgan fingerprint density at radius 3 is 2.30 bits per heavy atom. The number of aryl methyl sites for hydroxylation is 1. The Bertz CT molecular complexity index is 1210. The highest BCUT2D eigenvalue weighted by Crippen LogP contribution is 2.29. The van der Waals surface area contributed by atoms with Gasteiger partial charge < -0.3 is 5.32 Å². The minimum atomic E-state index is -4.00. The molecular weight excluding hydrogens is 443 g/mol. The van der Waals surface area contributed by atoms with Crippen molar-refractivity contribution in [1.82, 2.24) is 0 Å². The minimum absolute atomic E-state index is 0.0269. The van der Waals surface area contributed by atoms with E-state index in [1.54, 1.807) is 30.3 Å². The van der Waals surface area contributed by atoms with E-state index in [9.17, 15) is 13.2 Å². The fraction of sp³-hybridized carbons (Fsp3) is 0.136. The SMILES string of the molecule is Cc1cccc(NC(=O)c2ccc(Cl)c(S(=O)(=O)N(C)c3ccc(Cl)cc3)c2)c1C. The average molecular weight is 463 g/mol. The molecule has 0 atom stereocenters. The van der Waals surface area contributed by atoms with E-state index >= 15 is 0 Å². The van der Waals surface area contributed by atoms with Gasteiger partial charge in [-0.2, -0.15) is 0 Å². The average Bonchev–Trinajstić information content (AvgIpc) is 2.71. The molecule has 0 unspecified atom stereocenters. The molecule has 0 radical (unpaired) electrons. The molecule has 0 saturated heterocycles. The van der Waals surface area contributed by atoms with Gasteiger partial charge in [-0.25, -0.2) is 8.42 Å². The molecule has 0 aliphatic heterocycles. The largest absolute Gasteiger partial charge is 0.322 e. The first-order chi connectivity index (χ1) is 14.1. The van der Waals surface area contributed by atoms with E-state index in [0.717, 1.165) is 15.4 Å². The fourth-order valence-corrected chi connectivity index (χ4v) is 4.68. The van der Waals surface area contributed by atoms with Crippen molar-refractivity contribution >= 4 is 50.5 Å². The summed E-state index contributed by atoms with van der Waals surface area (Å²) < 4.78 is 27.4. The van der Waals surface area contributed by atoms with E-state index < -0.39 is 15.9 Å². The van der Waals surface area contributed by atoms with Crippen molar-refractivity contribution in [2.75, 3.05) is 16.7 Å². The second-order valence-electron chi connectivity index (χ2n) is 6.80. The lowest BCUT2D eigenvalue weighted by Crippen LogP contribution is -2.27. The van der Waals surface area contributed by atoms with E-state index in [4.69, 9.17) is 23.2 Å². The van der Waals surface area contributed by atoms with Gasteiger partial charge in [0.15, 0.2) is 0 Å². The van der Waals surface area contributed by atoms with Crippen LogP contribution in [0, 0.1) is 13.8 Å². The highest BCUT2D eigenvalue weighted by atomic mass is 35.5. The van der Waals surface area contributed by atoms with Crippen molar-refractivity contribution in [2.45, 2.75) is 18.7 Å². The van der Waals surface area contributed by atoms with E-state index in [1.165, 1.54) is 25.2 Å². The molecule has 8 heteroatoms. The summed E-state index contributed by atoms with van der Waals surface area (Å²) in [6.45, 7) is 3.86. The maximum atomic E-state index is 13.1. The number of nitrogens with one attached hydrogen (secondary N) is 1. The predicted molar refractivity (Wildman–Crippen MR) is 122 cm³/mol. The van der Waals surface area contributed by atoms with Crippen LogP contribution in [0.4, 0.5) is 11.4 Å². The number of hydrogen-bond acceptors (Lipinski definition) is 3. The number of carbonyl (C=O) groups excluding carboxylic acids is 1. The molecule has 3 aromatic rings. The Kier molecular flexibility index (Phi) is 6.41. The zero-order chi connectivity index (χ0) is 22.1. The summed E-state index contributed by atoms with van der Waals surface area (Å²) in [7, 11) is -2.59. The number of nitrogens with zero attached hydrogens (tertiary/aromatic N) is 1. The number of carbonyl (C=O) groups is 1. The van der Waals surface area contributed by atoms with E-state index in [-0.39, 0.29) is 15.5 Å². The first kappa shape index (κ1) is 22.2. The van der Waals surface area contributed by atoms with Crippen LogP contribution in [0.3, 0.4) is 0 Å². The Balaban J connectivity index is 1.95. The predicted octanol–water partition coefficient (Wildman–Crippen LogP) is 5.69. The van der Waals surface area contributed by atoms with Crippen molar-refractivity contribution in [3.05, 3.63) is 87.4 Å². The van der Waals surface area contributed by atoms with Gasteiger partial charge >= 0.3 is 0 Å². The first-order valence-electron chi connectivity index (χ1n) is 9.03. The monoisotopic (exact) mass is 462 g/mol. The van der Waals surface area contributed by atoms with Gasteiger partial charge in [0, 0.05) is 23.3 Å². The van der Waals surface area contributed by atoms with Gasteiger partial charge in [-0.3, -0.25) is 9.10 Å². The quantitative estimate of drug-likeness (QED) is 0.529. The van der Waals surface area contributed by atoms with Crippen molar-refractivity contribution in [3.63, 3.8) is 0 Å². The van der Waals surface area contributed by atoms with Gasteiger partial charge in [0.2, 0.25) is 0 Å². The molecule has 0 aromatic heterocycles. The van der Waals surface area contributed by atoms with Crippen LogP contribution in [0.2, 0.25) is 10.0 Å². The summed E-state index contributed by atoms with van der Waals surface area (Å²) in [5.41, 5.74) is 3.24. The number of benzene rings is 3. The third kappa shape index (κ3) is 4.46. The summed E-state index contributed by atoms with van der Waals surface area (Å²) in [4.78, 5) is 12.6. The van der Waals surface area contributed by atoms with Crippen LogP contribution in [0.5, 0.6) is 0 Å². The van der Waals surface area contributed by atoms with Crippen LogP contribution in [0.1, 0.15) is 21.5 Å². The lowest BCUT2D eigenvalue weighted by Gasteiger charge is -2.20. The summed E-state index contributed by atoms with van der Waals surface area (Å²) >= 11 is 12.1. The molecule has 0 fully saturated rings. The van der Waals surface area contributed by atoms with Crippen LogP contribution >= 0.6 is 23.2 Å². The number of sulfonamides is 1. The van der Waals surface area contributed by atoms with Gasteiger partial charge in [0.1, 0.15) is 4.90 Å². The number of hydrogen-bond donors (Lipinski definition) is 1. The van der Waals surface area contributed by atoms with Crippen LogP contribution in [-0.4, -0.2) is 21.4 Å². The third-order valence-corrected chi connectivity index (χ3v) is 7.39. The molecule has 0 bridgehead atoms. The van der Waals surface area contributed by atoms with Crippen molar-refractivity contribution in [2.24, 2.45) is 0 Å². The lowest BCUT2D eigenvalue weighted by atomic mass is 10.1. The molecule has 3 rings (SSSR count). The van der Waals surface area contributed by atoms with Gasteiger partial charge in [0.05, 0.1) is 10.7 Å². The summed E-state index contributed by atoms with van der Waals surface area (Å²) in [6, 6.07) is 16.1. The smallest absolute Gasteiger partial charge is 0.265 e. The first-order valence-corrected chi connectivity index (χ1v) is 11.2. The number of halogens is 2. The van der Waals surface area contributed by atoms with Crippen molar-refractivity contribution < 1.29 is 13.2 Å². The van der Waals surface area contributed by atoms with Gasteiger partial charge in [-0.05, 0) is 73.5 Å². The minimum Gasteiger partial charge on any atom is -0.322 e. The molecule has 0 spiro atoms. The normalized spacial score (nSPS) is 11.2. The topological polar surface area (TPSA) is 66.5 Å². The molecule has 30 heavy (non-hydrogen) atoms. The Hall–Kier alpha value is -2.54. The summed E-state index contributed by atoms with van der Waals surface area (Å²) in [6.07, 6.45) is 0. The summed E-state index contributed by atoms with van der Waals surface area (Å²) in [5, 5.41) is 3.35. The highest BCUT2D eigenvalue weighted by Gasteiger charge is 2.25. The van der Waals surface area contributed by atoms with Gasteiger partial charge in [0.25, 0.3) is 15.9 Å². The Labute approximate surface area is 186 Å². The fourth-order valence-electron chi connectivity index (χ4n) is 2.86. The maximum absolute atomic E-state index is 13.1. The van der Waals surface area contributed by atoms with Crippen LogP contribution in [-0.2, 0) is 10.0 Å². The van der Waals surface area contributed by atoms with Gasteiger partial charge in [-0.1, -0.05) is 35.3 Å². The molecule has 0 saturated carbocycles. The molecule has 1 amide bonds. The molecule has 0 aliphatic carbocycles. The molecular formula is C22H20Cl2N2O3S. The molecule has 1 N–H and O–H groups in total. The highest BCUT2D eigenvalue weighted by molar-refractivity contribution is 7.93.